The molecule has 0 radical (unpaired) electrons. The van der Waals surface area contributed by atoms with Crippen LogP contribution in [0.2, 0.25) is 0 Å². The highest BCUT2D eigenvalue weighted by molar-refractivity contribution is 6.22. The van der Waals surface area contributed by atoms with Gasteiger partial charge in [0.15, 0.2) is 0 Å². The van der Waals surface area contributed by atoms with Crippen LogP contribution < -0.4 is 11.1 Å². The van der Waals surface area contributed by atoms with Crippen molar-refractivity contribution in [3.05, 3.63) is 34.9 Å². The topological polar surface area (TPSA) is 92.5 Å². The lowest BCUT2D eigenvalue weighted by Crippen LogP contribution is -2.53. The molecule has 2 aliphatic carbocycles. The van der Waals surface area contributed by atoms with Crippen LogP contribution >= 0.6 is 0 Å². The molecule has 0 bridgehead atoms. The lowest BCUT2D eigenvalue weighted by Gasteiger charge is -2.29. The number of fused-ring (bicyclic) bond motifs is 1. The summed E-state index contributed by atoms with van der Waals surface area (Å²) in [5.74, 6) is -0.321. The number of hydrogen-bond donors (Lipinski definition) is 2. The van der Waals surface area contributed by atoms with Gasteiger partial charge in [0, 0.05) is 18.2 Å². The van der Waals surface area contributed by atoms with E-state index in [9.17, 15) is 14.4 Å². The predicted octanol–water partition coefficient (Wildman–Crippen LogP) is 2.47. The second-order valence-corrected chi connectivity index (χ2v) is 8.38. The quantitative estimate of drug-likeness (QED) is 0.780. The summed E-state index contributed by atoms with van der Waals surface area (Å²) in [5.41, 5.74) is 6.62. The van der Waals surface area contributed by atoms with E-state index in [0.717, 1.165) is 44.9 Å². The summed E-state index contributed by atoms with van der Waals surface area (Å²) in [6, 6.07) is 4.80. The normalized spacial score (nSPS) is 22.5. The summed E-state index contributed by atoms with van der Waals surface area (Å²) in [5, 5.41) is 3.04. The van der Waals surface area contributed by atoms with Gasteiger partial charge in [-0.25, -0.2) is 0 Å². The smallest absolute Gasteiger partial charge is 0.261 e. The molecule has 6 heteroatoms. The first-order valence-electron chi connectivity index (χ1n) is 9.99. The van der Waals surface area contributed by atoms with Crippen LogP contribution in [0, 0.1) is 5.92 Å². The fraction of sp³-hybridized carbons (Fsp3) is 0.571. The molecule has 2 fully saturated rings. The van der Waals surface area contributed by atoms with E-state index >= 15 is 0 Å². The van der Waals surface area contributed by atoms with Gasteiger partial charge in [0.2, 0.25) is 0 Å². The summed E-state index contributed by atoms with van der Waals surface area (Å²) in [4.78, 5) is 39.8. The minimum absolute atomic E-state index is 0.0150. The standard InChI is InChI=1S/C21H27N3O3/c1-21(12-22,14-8-9-14)23-18(25)13-7-10-16-17(11-13)20(27)24(19(16)26)15-5-3-2-4-6-15/h7,10-11,14-15H,2-6,8-9,12,22H2,1H3,(H,23,25). The Hall–Kier alpha value is -2.21. The van der Waals surface area contributed by atoms with Gasteiger partial charge in [0.25, 0.3) is 17.7 Å². The lowest BCUT2D eigenvalue weighted by atomic mass is 9.94. The van der Waals surface area contributed by atoms with Gasteiger partial charge in [-0.05, 0) is 56.7 Å². The fourth-order valence-corrected chi connectivity index (χ4v) is 4.44. The summed E-state index contributed by atoms with van der Waals surface area (Å²) in [6.07, 6.45) is 7.13. The maximum atomic E-state index is 12.9. The molecule has 3 aliphatic rings. The van der Waals surface area contributed by atoms with Crippen LogP contribution in [0.4, 0.5) is 0 Å². The molecular weight excluding hydrogens is 342 g/mol. The number of rotatable bonds is 5. The first kappa shape index (κ1) is 18.2. The number of carbonyl (C=O) groups excluding carboxylic acids is 3. The highest BCUT2D eigenvalue weighted by Crippen LogP contribution is 2.39. The Labute approximate surface area is 159 Å². The molecule has 1 unspecified atom stereocenters. The average Bonchev–Trinajstić information content (AvgIpc) is 3.51. The molecule has 4 rings (SSSR count). The Bertz CT molecular complexity index is 796. The van der Waals surface area contributed by atoms with Gasteiger partial charge in [0.05, 0.1) is 16.7 Å². The van der Waals surface area contributed by atoms with E-state index in [0.29, 0.717) is 29.2 Å². The van der Waals surface area contributed by atoms with E-state index < -0.39 is 5.54 Å². The Morgan fingerprint density at radius 2 is 1.78 bits per heavy atom. The van der Waals surface area contributed by atoms with Crippen molar-refractivity contribution in [2.24, 2.45) is 11.7 Å². The van der Waals surface area contributed by atoms with Gasteiger partial charge in [-0.15, -0.1) is 0 Å². The third-order valence-electron chi connectivity index (χ3n) is 6.42. The Morgan fingerprint density at radius 1 is 1.11 bits per heavy atom. The molecule has 1 aliphatic heterocycles. The molecule has 6 nitrogen and oxygen atoms in total. The van der Waals surface area contributed by atoms with E-state index in [2.05, 4.69) is 5.32 Å². The highest BCUT2D eigenvalue weighted by Gasteiger charge is 2.43. The largest absolute Gasteiger partial charge is 0.345 e. The van der Waals surface area contributed by atoms with Gasteiger partial charge in [0.1, 0.15) is 0 Å². The number of benzene rings is 1. The van der Waals surface area contributed by atoms with Crippen molar-refractivity contribution >= 4 is 17.7 Å². The summed E-state index contributed by atoms with van der Waals surface area (Å²) >= 11 is 0. The fourth-order valence-electron chi connectivity index (χ4n) is 4.44. The number of imide groups is 1. The van der Waals surface area contributed by atoms with Gasteiger partial charge >= 0.3 is 0 Å². The van der Waals surface area contributed by atoms with Crippen LogP contribution in [0.25, 0.3) is 0 Å². The van der Waals surface area contributed by atoms with Crippen molar-refractivity contribution in [2.75, 3.05) is 6.54 Å². The van der Waals surface area contributed by atoms with Crippen molar-refractivity contribution in [1.82, 2.24) is 10.2 Å². The van der Waals surface area contributed by atoms with Crippen molar-refractivity contribution in [2.45, 2.75) is 63.5 Å². The van der Waals surface area contributed by atoms with E-state index in [4.69, 9.17) is 5.73 Å². The lowest BCUT2D eigenvalue weighted by molar-refractivity contribution is 0.0548. The molecule has 27 heavy (non-hydrogen) atoms. The zero-order valence-corrected chi connectivity index (χ0v) is 15.8. The SMILES string of the molecule is CC(CN)(NC(=O)c1ccc2c(c1)C(=O)N(C1CCCCC1)C2=O)C1CC1. The van der Waals surface area contributed by atoms with Crippen molar-refractivity contribution < 1.29 is 14.4 Å². The second-order valence-electron chi connectivity index (χ2n) is 8.38. The number of carbonyl (C=O) groups is 3. The number of nitrogens with one attached hydrogen (secondary N) is 1. The Morgan fingerprint density at radius 3 is 2.41 bits per heavy atom. The first-order valence-corrected chi connectivity index (χ1v) is 9.99. The molecule has 3 amide bonds. The van der Waals surface area contributed by atoms with Gasteiger partial charge in [-0.1, -0.05) is 19.3 Å². The number of nitrogens with zero attached hydrogens (tertiary/aromatic N) is 1. The maximum Gasteiger partial charge on any atom is 0.261 e. The second kappa shape index (κ2) is 6.75. The van der Waals surface area contributed by atoms with E-state index in [1.807, 2.05) is 6.92 Å². The Kier molecular flexibility index (Phi) is 4.54. The molecule has 1 aromatic carbocycles. The maximum absolute atomic E-state index is 12.9. The van der Waals surface area contributed by atoms with Gasteiger partial charge in [-0.3, -0.25) is 19.3 Å². The molecule has 1 atom stereocenters. The summed E-state index contributed by atoms with van der Waals surface area (Å²) < 4.78 is 0. The van der Waals surface area contributed by atoms with Gasteiger partial charge in [-0.2, -0.15) is 0 Å². The molecule has 1 aromatic rings. The van der Waals surface area contributed by atoms with Crippen LogP contribution in [-0.2, 0) is 0 Å². The van der Waals surface area contributed by atoms with Crippen LogP contribution in [-0.4, -0.2) is 40.7 Å². The molecule has 2 saturated carbocycles. The number of nitrogens with two attached hydrogens (primary N) is 1. The Balaban J connectivity index is 1.56. The minimum atomic E-state index is -0.427. The van der Waals surface area contributed by atoms with E-state index in [1.54, 1.807) is 18.2 Å². The predicted molar refractivity (Wildman–Crippen MR) is 101 cm³/mol. The molecular formula is C21H27N3O3. The third kappa shape index (κ3) is 3.16. The number of amides is 3. The van der Waals surface area contributed by atoms with E-state index in [1.165, 1.54) is 4.90 Å². The molecule has 144 valence electrons. The van der Waals surface area contributed by atoms with Crippen LogP contribution in [0.3, 0.4) is 0 Å². The van der Waals surface area contributed by atoms with Crippen LogP contribution in [0.15, 0.2) is 18.2 Å². The number of hydrogen-bond acceptors (Lipinski definition) is 4. The van der Waals surface area contributed by atoms with Crippen molar-refractivity contribution in [1.29, 1.82) is 0 Å². The van der Waals surface area contributed by atoms with Crippen molar-refractivity contribution in [3.63, 3.8) is 0 Å². The van der Waals surface area contributed by atoms with Crippen molar-refractivity contribution in [3.8, 4) is 0 Å². The zero-order valence-electron chi connectivity index (χ0n) is 15.8. The molecule has 0 aromatic heterocycles. The zero-order chi connectivity index (χ0) is 19.2. The molecule has 0 saturated heterocycles. The highest BCUT2D eigenvalue weighted by atomic mass is 16.2. The van der Waals surface area contributed by atoms with Crippen LogP contribution in [0.5, 0.6) is 0 Å². The first-order chi connectivity index (χ1) is 12.9. The molecule has 0 spiro atoms. The average molecular weight is 369 g/mol. The van der Waals surface area contributed by atoms with Gasteiger partial charge < -0.3 is 11.1 Å². The minimum Gasteiger partial charge on any atom is -0.345 e. The monoisotopic (exact) mass is 369 g/mol. The molecule has 1 heterocycles. The third-order valence-corrected chi connectivity index (χ3v) is 6.42. The molecule has 3 N–H and O–H groups in total. The van der Waals surface area contributed by atoms with Crippen LogP contribution in [0.1, 0.15) is 82.9 Å². The summed E-state index contributed by atoms with van der Waals surface area (Å²) in [6.45, 7) is 2.34. The summed E-state index contributed by atoms with van der Waals surface area (Å²) in [7, 11) is 0. The van der Waals surface area contributed by atoms with E-state index in [-0.39, 0.29) is 23.8 Å².